The summed E-state index contributed by atoms with van der Waals surface area (Å²) >= 11 is 3.25. The highest BCUT2D eigenvalue weighted by atomic mass is 79.9. The molecular formula is C15H13BrN4O3. The van der Waals surface area contributed by atoms with Crippen molar-refractivity contribution >= 4 is 33.7 Å². The lowest BCUT2D eigenvalue weighted by Gasteiger charge is -2.08. The molecule has 0 saturated carbocycles. The predicted molar refractivity (Wildman–Crippen MR) is 86.3 cm³/mol. The number of nitrogens with one attached hydrogen (secondary N) is 3. The number of benzene rings is 1. The van der Waals surface area contributed by atoms with Gasteiger partial charge in [0, 0.05) is 10.7 Å². The molecule has 0 bridgehead atoms. The molecule has 0 atom stereocenters. The number of pyridine rings is 1. The second kappa shape index (κ2) is 8.04. The summed E-state index contributed by atoms with van der Waals surface area (Å²) in [5.41, 5.74) is 5.00. The summed E-state index contributed by atoms with van der Waals surface area (Å²) in [6.45, 7) is -0.275. The van der Waals surface area contributed by atoms with Gasteiger partial charge in [-0.05, 0) is 40.2 Å². The first-order valence-electron chi connectivity index (χ1n) is 6.61. The van der Waals surface area contributed by atoms with Crippen LogP contribution in [0, 0.1) is 0 Å². The maximum atomic E-state index is 11.9. The zero-order valence-corrected chi connectivity index (χ0v) is 13.5. The van der Waals surface area contributed by atoms with Crippen molar-refractivity contribution in [1.29, 1.82) is 0 Å². The molecule has 0 radical (unpaired) electrons. The number of hydrazine groups is 1. The Labute approximate surface area is 140 Å². The highest BCUT2D eigenvalue weighted by Gasteiger charge is 2.12. The van der Waals surface area contributed by atoms with E-state index in [1.54, 1.807) is 36.4 Å². The first kappa shape index (κ1) is 16.6. The Morgan fingerprint density at radius 3 is 2.39 bits per heavy atom. The van der Waals surface area contributed by atoms with Crippen LogP contribution >= 0.6 is 15.9 Å². The molecule has 7 nitrogen and oxygen atoms in total. The molecule has 3 amide bonds. The Bertz CT molecular complexity index is 722. The molecule has 2 rings (SSSR count). The maximum Gasteiger partial charge on any atom is 0.288 e. The van der Waals surface area contributed by atoms with Crippen molar-refractivity contribution in [2.24, 2.45) is 0 Å². The Morgan fingerprint density at radius 2 is 1.70 bits per heavy atom. The van der Waals surface area contributed by atoms with Crippen LogP contribution in [0.4, 0.5) is 0 Å². The van der Waals surface area contributed by atoms with Gasteiger partial charge >= 0.3 is 0 Å². The van der Waals surface area contributed by atoms with E-state index >= 15 is 0 Å². The van der Waals surface area contributed by atoms with Crippen molar-refractivity contribution in [3.63, 3.8) is 0 Å². The number of halogens is 1. The highest BCUT2D eigenvalue weighted by Crippen LogP contribution is 2.15. The topological polar surface area (TPSA) is 100 Å². The first-order chi connectivity index (χ1) is 11.1. The molecule has 1 heterocycles. The summed E-state index contributed by atoms with van der Waals surface area (Å²) < 4.78 is 0.626. The Balaban J connectivity index is 1.78. The van der Waals surface area contributed by atoms with E-state index in [1.165, 1.54) is 12.3 Å². The van der Waals surface area contributed by atoms with Crippen molar-refractivity contribution < 1.29 is 14.4 Å². The van der Waals surface area contributed by atoms with Crippen LogP contribution in [0.25, 0.3) is 0 Å². The summed E-state index contributed by atoms with van der Waals surface area (Å²) in [5, 5.41) is 2.46. The summed E-state index contributed by atoms with van der Waals surface area (Å²) in [6, 6.07) is 11.7. The van der Waals surface area contributed by atoms with E-state index in [0.29, 0.717) is 10.0 Å². The molecule has 0 fully saturated rings. The van der Waals surface area contributed by atoms with Gasteiger partial charge in [0.15, 0.2) is 0 Å². The highest BCUT2D eigenvalue weighted by molar-refractivity contribution is 9.10. The van der Waals surface area contributed by atoms with Gasteiger partial charge in [-0.1, -0.05) is 18.2 Å². The minimum Gasteiger partial charge on any atom is -0.343 e. The lowest BCUT2D eigenvalue weighted by atomic mass is 10.2. The number of rotatable bonds is 4. The van der Waals surface area contributed by atoms with Gasteiger partial charge in [-0.25, -0.2) is 0 Å². The third-order valence-corrected chi connectivity index (χ3v) is 3.43. The fraction of sp³-hybridized carbons (Fsp3) is 0.0667. The van der Waals surface area contributed by atoms with E-state index in [4.69, 9.17) is 0 Å². The second-order valence-electron chi connectivity index (χ2n) is 4.38. The van der Waals surface area contributed by atoms with Crippen LogP contribution in [-0.2, 0) is 4.79 Å². The zero-order chi connectivity index (χ0) is 16.7. The average Bonchev–Trinajstić information content (AvgIpc) is 2.58. The average molecular weight is 377 g/mol. The summed E-state index contributed by atoms with van der Waals surface area (Å²) in [5.74, 6) is -1.51. The zero-order valence-electron chi connectivity index (χ0n) is 11.9. The summed E-state index contributed by atoms with van der Waals surface area (Å²) in [7, 11) is 0. The predicted octanol–water partition coefficient (Wildman–Crippen LogP) is 1.04. The summed E-state index contributed by atoms with van der Waals surface area (Å²) in [6.07, 6.45) is 1.47. The molecule has 8 heteroatoms. The van der Waals surface area contributed by atoms with Gasteiger partial charge in [0.25, 0.3) is 17.7 Å². The maximum absolute atomic E-state index is 11.9. The number of amides is 3. The molecule has 2 aromatic rings. The molecule has 23 heavy (non-hydrogen) atoms. The molecule has 0 aliphatic heterocycles. The van der Waals surface area contributed by atoms with Crippen molar-refractivity contribution in [3.8, 4) is 0 Å². The Morgan fingerprint density at radius 1 is 0.957 bits per heavy atom. The van der Waals surface area contributed by atoms with Gasteiger partial charge < -0.3 is 5.32 Å². The quantitative estimate of drug-likeness (QED) is 0.693. The van der Waals surface area contributed by atoms with Crippen LogP contribution in [0.5, 0.6) is 0 Å². The van der Waals surface area contributed by atoms with Gasteiger partial charge in [-0.15, -0.1) is 0 Å². The third kappa shape index (κ3) is 4.89. The molecule has 1 aromatic carbocycles. The third-order valence-electron chi connectivity index (χ3n) is 2.74. The smallest absolute Gasteiger partial charge is 0.288 e. The largest absolute Gasteiger partial charge is 0.343 e. The SMILES string of the molecule is O=C(CNC(=O)c1ccccc1Br)NNC(=O)c1ccccn1. The minimum absolute atomic E-state index is 0.171. The number of carbonyl (C=O) groups is 3. The van der Waals surface area contributed by atoms with Gasteiger partial charge in [-0.3, -0.25) is 30.2 Å². The molecular weight excluding hydrogens is 364 g/mol. The number of aromatic nitrogens is 1. The molecule has 1 aromatic heterocycles. The van der Waals surface area contributed by atoms with Crippen molar-refractivity contribution in [2.45, 2.75) is 0 Å². The normalized spacial score (nSPS) is 9.78. The van der Waals surface area contributed by atoms with Gasteiger partial charge in [0.1, 0.15) is 5.69 Å². The number of nitrogens with zero attached hydrogens (tertiary/aromatic N) is 1. The van der Waals surface area contributed by atoms with E-state index in [1.807, 2.05) is 0 Å². The molecule has 0 unspecified atom stereocenters. The fourth-order valence-corrected chi connectivity index (χ4v) is 2.10. The van der Waals surface area contributed by atoms with E-state index < -0.39 is 17.7 Å². The lowest BCUT2D eigenvalue weighted by Crippen LogP contribution is -2.46. The van der Waals surface area contributed by atoms with Crippen molar-refractivity contribution in [3.05, 3.63) is 64.4 Å². The number of hydrogen-bond donors (Lipinski definition) is 3. The molecule has 0 spiro atoms. The van der Waals surface area contributed by atoms with E-state index in [2.05, 4.69) is 37.1 Å². The van der Waals surface area contributed by atoms with Crippen molar-refractivity contribution in [1.82, 2.24) is 21.2 Å². The van der Waals surface area contributed by atoms with Crippen LogP contribution in [-0.4, -0.2) is 29.3 Å². The molecule has 3 N–H and O–H groups in total. The molecule has 0 aliphatic carbocycles. The minimum atomic E-state index is -0.560. The Hall–Kier alpha value is -2.74. The second-order valence-corrected chi connectivity index (χ2v) is 5.23. The van der Waals surface area contributed by atoms with E-state index in [9.17, 15) is 14.4 Å². The number of carbonyl (C=O) groups excluding carboxylic acids is 3. The van der Waals surface area contributed by atoms with Gasteiger partial charge in [0.05, 0.1) is 12.1 Å². The van der Waals surface area contributed by atoms with Crippen LogP contribution in [0.15, 0.2) is 53.1 Å². The lowest BCUT2D eigenvalue weighted by molar-refractivity contribution is -0.120. The Kier molecular flexibility index (Phi) is 5.81. The van der Waals surface area contributed by atoms with Gasteiger partial charge in [-0.2, -0.15) is 0 Å². The van der Waals surface area contributed by atoms with E-state index in [0.717, 1.165) is 0 Å². The first-order valence-corrected chi connectivity index (χ1v) is 7.40. The molecule has 0 aliphatic rings. The number of hydrogen-bond acceptors (Lipinski definition) is 4. The van der Waals surface area contributed by atoms with E-state index in [-0.39, 0.29) is 12.2 Å². The van der Waals surface area contributed by atoms with Crippen LogP contribution in [0.2, 0.25) is 0 Å². The van der Waals surface area contributed by atoms with Crippen LogP contribution in [0.1, 0.15) is 20.8 Å². The summed E-state index contributed by atoms with van der Waals surface area (Å²) in [4.78, 5) is 39.1. The van der Waals surface area contributed by atoms with Crippen molar-refractivity contribution in [2.75, 3.05) is 6.54 Å². The molecule has 118 valence electrons. The van der Waals surface area contributed by atoms with Crippen LogP contribution in [0.3, 0.4) is 0 Å². The standard InChI is InChI=1S/C15H13BrN4O3/c16-11-6-2-1-5-10(11)14(22)18-9-13(21)19-20-15(23)12-7-3-4-8-17-12/h1-8H,9H2,(H,18,22)(H,19,21)(H,20,23). The monoisotopic (exact) mass is 376 g/mol. The van der Waals surface area contributed by atoms with Gasteiger partial charge in [0.2, 0.25) is 0 Å². The molecule has 0 saturated heterocycles. The van der Waals surface area contributed by atoms with Crippen LogP contribution < -0.4 is 16.2 Å². The fourth-order valence-electron chi connectivity index (χ4n) is 1.63.